The number of benzene rings is 2. The van der Waals surface area contributed by atoms with Crippen molar-refractivity contribution < 1.29 is 27.6 Å². The molecule has 0 unspecified atom stereocenters. The first kappa shape index (κ1) is 20.2. The highest BCUT2D eigenvalue weighted by Gasteiger charge is 2.22. The lowest BCUT2D eigenvalue weighted by Crippen LogP contribution is -2.16. The van der Waals surface area contributed by atoms with E-state index in [4.69, 9.17) is 19.3 Å². The number of primary amides is 1. The molecule has 2 aromatic carbocycles. The molecule has 0 saturated carbocycles. The van der Waals surface area contributed by atoms with Gasteiger partial charge in [0, 0.05) is 11.8 Å². The summed E-state index contributed by atoms with van der Waals surface area (Å²) >= 11 is 0. The predicted octanol–water partition coefficient (Wildman–Crippen LogP) is 4.31. The number of carbonyl (C=O) groups excluding carboxylic acids is 2. The molecule has 4 aromatic rings. The Kier molecular flexibility index (Phi) is 5.44. The molecular formula is C23H19FN2O5. The average molecular weight is 422 g/mol. The fourth-order valence-corrected chi connectivity index (χ4v) is 3.24. The molecule has 8 heteroatoms. The summed E-state index contributed by atoms with van der Waals surface area (Å²) in [5.41, 5.74) is 6.67. The number of ether oxygens (including phenoxy) is 1. The molecular weight excluding hydrogens is 403 g/mol. The van der Waals surface area contributed by atoms with E-state index in [-0.39, 0.29) is 28.2 Å². The number of nitrogens with one attached hydrogen (secondary N) is 1. The molecule has 4 rings (SSSR count). The molecule has 2 amide bonds. The normalized spacial score (nSPS) is 10.9. The number of hydrogen-bond acceptors (Lipinski definition) is 5. The highest BCUT2D eigenvalue weighted by molar-refractivity contribution is 6.13. The van der Waals surface area contributed by atoms with Crippen LogP contribution in [0.4, 0.5) is 10.1 Å². The van der Waals surface area contributed by atoms with Crippen LogP contribution in [0.3, 0.4) is 0 Å². The second kappa shape index (κ2) is 8.35. The monoisotopic (exact) mass is 422 g/mol. The molecule has 0 radical (unpaired) electrons. The minimum atomic E-state index is -0.883. The van der Waals surface area contributed by atoms with Gasteiger partial charge in [0.1, 0.15) is 28.6 Å². The second-order valence-corrected chi connectivity index (χ2v) is 6.88. The Morgan fingerprint density at radius 3 is 2.52 bits per heavy atom. The summed E-state index contributed by atoms with van der Waals surface area (Å²) in [6, 6.07) is 14.6. The zero-order valence-corrected chi connectivity index (χ0v) is 16.6. The van der Waals surface area contributed by atoms with Crippen LogP contribution in [0.1, 0.15) is 32.4 Å². The molecule has 0 fully saturated rings. The minimum Gasteiger partial charge on any atom is -0.497 e. The topological polar surface area (TPSA) is 108 Å². The van der Waals surface area contributed by atoms with Crippen LogP contribution in [-0.2, 0) is 12.8 Å². The van der Waals surface area contributed by atoms with Crippen molar-refractivity contribution in [3.63, 3.8) is 0 Å². The molecule has 0 aliphatic carbocycles. The first-order valence-electron chi connectivity index (χ1n) is 9.49. The van der Waals surface area contributed by atoms with Gasteiger partial charge in [0.15, 0.2) is 5.76 Å². The summed E-state index contributed by atoms with van der Waals surface area (Å²) in [4.78, 5) is 24.4. The van der Waals surface area contributed by atoms with E-state index in [2.05, 4.69) is 5.32 Å². The number of fused-ring (bicyclic) bond motifs is 1. The number of anilines is 1. The van der Waals surface area contributed by atoms with Crippen LogP contribution in [0.2, 0.25) is 0 Å². The van der Waals surface area contributed by atoms with Gasteiger partial charge in [-0.15, -0.1) is 0 Å². The zero-order chi connectivity index (χ0) is 22.0. The SMILES string of the molecule is COc1ccc(CCc2ccc(C(=O)Nc3c(C(N)=O)oc4ccc(F)cc34)o2)cc1. The summed E-state index contributed by atoms with van der Waals surface area (Å²) in [5.74, 6) is -0.844. The summed E-state index contributed by atoms with van der Waals surface area (Å²) in [6.45, 7) is 0. The van der Waals surface area contributed by atoms with Crippen molar-refractivity contribution in [3.05, 3.63) is 83.3 Å². The summed E-state index contributed by atoms with van der Waals surface area (Å²) < 4.78 is 29.8. The molecule has 0 atom stereocenters. The van der Waals surface area contributed by atoms with Crippen LogP contribution in [0.15, 0.2) is 63.4 Å². The third-order valence-corrected chi connectivity index (χ3v) is 4.82. The van der Waals surface area contributed by atoms with Crippen LogP contribution in [-0.4, -0.2) is 18.9 Å². The van der Waals surface area contributed by atoms with E-state index in [1.807, 2.05) is 24.3 Å². The number of aryl methyl sites for hydroxylation is 2. The summed E-state index contributed by atoms with van der Waals surface area (Å²) in [7, 11) is 1.61. The fourth-order valence-electron chi connectivity index (χ4n) is 3.24. The van der Waals surface area contributed by atoms with Crippen LogP contribution in [0.25, 0.3) is 11.0 Å². The molecule has 0 aliphatic heterocycles. The van der Waals surface area contributed by atoms with Crippen molar-refractivity contribution in [2.24, 2.45) is 5.73 Å². The highest BCUT2D eigenvalue weighted by Crippen LogP contribution is 2.32. The number of furan rings is 2. The number of amides is 2. The zero-order valence-electron chi connectivity index (χ0n) is 16.6. The van der Waals surface area contributed by atoms with Crippen LogP contribution in [0.5, 0.6) is 5.75 Å². The molecule has 0 saturated heterocycles. The lowest BCUT2D eigenvalue weighted by molar-refractivity contribution is 0.0977. The van der Waals surface area contributed by atoms with Crippen molar-refractivity contribution in [3.8, 4) is 5.75 Å². The van der Waals surface area contributed by atoms with Gasteiger partial charge in [0.05, 0.1) is 7.11 Å². The molecule has 3 N–H and O–H groups in total. The largest absolute Gasteiger partial charge is 0.497 e. The maximum absolute atomic E-state index is 13.7. The van der Waals surface area contributed by atoms with Crippen molar-refractivity contribution in [1.82, 2.24) is 0 Å². The average Bonchev–Trinajstić information content (AvgIpc) is 3.38. The Labute approximate surface area is 176 Å². The summed E-state index contributed by atoms with van der Waals surface area (Å²) in [5, 5.41) is 2.78. The lowest BCUT2D eigenvalue weighted by atomic mass is 10.1. The summed E-state index contributed by atoms with van der Waals surface area (Å²) in [6.07, 6.45) is 1.31. The fraction of sp³-hybridized carbons (Fsp3) is 0.130. The quantitative estimate of drug-likeness (QED) is 0.461. The smallest absolute Gasteiger partial charge is 0.291 e. The molecule has 31 heavy (non-hydrogen) atoms. The molecule has 0 spiro atoms. The van der Waals surface area contributed by atoms with Crippen LogP contribution < -0.4 is 15.8 Å². The Hall–Kier alpha value is -4.07. The number of rotatable bonds is 7. The molecule has 2 aromatic heterocycles. The standard InChI is InChI=1S/C23H19FN2O5/c1-29-15-6-2-13(3-7-15)4-8-16-9-11-19(30-16)23(28)26-20-17-12-14(24)5-10-18(17)31-21(20)22(25)27/h2-3,5-7,9-12H,4,8H2,1H3,(H2,25,27)(H,26,28). The first-order valence-corrected chi connectivity index (χ1v) is 9.49. The highest BCUT2D eigenvalue weighted by atomic mass is 19.1. The molecule has 0 bridgehead atoms. The predicted molar refractivity (Wildman–Crippen MR) is 112 cm³/mol. The van der Waals surface area contributed by atoms with Crippen LogP contribution >= 0.6 is 0 Å². The van der Waals surface area contributed by atoms with Crippen molar-refractivity contribution >= 4 is 28.5 Å². The first-order chi connectivity index (χ1) is 14.9. The Bertz CT molecular complexity index is 1260. The van der Waals surface area contributed by atoms with Gasteiger partial charge < -0.3 is 24.6 Å². The lowest BCUT2D eigenvalue weighted by Gasteiger charge is -2.04. The van der Waals surface area contributed by atoms with Gasteiger partial charge in [-0.25, -0.2) is 4.39 Å². The number of halogens is 1. The van der Waals surface area contributed by atoms with Gasteiger partial charge in [-0.2, -0.15) is 0 Å². The van der Waals surface area contributed by atoms with Crippen LogP contribution in [0, 0.1) is 5.82 Å². The van der Waals surface area contributed by atoms with E-state index in [1.54, 1.807) is 13.2 Å². The maximum atomic E-state index is 13.7. The van der Waals surface area contributed by atoms with E-state index in [1.165, 1.54) is 18.2 Å². The van der Waals surface area contributed by atoms with Gasteiger partial charge >= 0.3 is 0 Å². The molecule has 0 aliphatic rings. The van der Waals surface area contributed by atoms with E-state index >= 15 is 0 Å². The maximum Gasteiger partial charge on any atom is 0.291 e. The van der Waals surface area contributed by atoms with E-state index in [9.17, 15) is 14.0 Å². The third kappa shape index (κ3) is 4.28. The number of carbonyl (C=O) groups is 2. The van der Waals surface area contributed by atoms with Crippen molar-refractivity contribution in [2.75, 3.05) is 12.4 Å². The van der Waals surface area contributed by atoms with Gasteiger partial charge in [0.2, 0.25) is 5.76 Å². The molecule has 158 valence electrons. The molecule has 2 heterocycles. The Morgan fingerprint density at radius 1 is 1.03 bits per heavy atom. The van der Waals surface area contributed by atoms with Gasteiger partial charge in [-0.1, -0.05) is 12.1 Å². The molecule has 7 nitrogen and oxygen atoms in total. The van der Waals surface area contributed by atoms with E-state index in [0.29, 0.717) is 12.2 Å². The van der Waals surface area contributed by atoms with Crippen molar-refractivity contribution in [1.29, 1.82) is 0 Å². The van der Waals surface area contributed by atoms with E-state index < -0.39 is 17.6 Å². The van der Waals surface area contributed by atoms with Gasteiger partial charge in [-0.3, -0.25) is 9.59 Å². The number of hydrogen-bond donors (Lipinski definition) is 2. The number of methoxy groups -OCH3 is 1. The minimum absolute atomic E-state index is 0.00295. The second-order valence-electron chi connectivity index (χ2n) is 6.88. The Morgan fingerprint density at radius 2 is 1.81 bits per heavy atom. The Balaban J connectivity index is 1.49. The van der Waals surface area contributed by atoms with Gasteiger partial charge in [-0.05, 0) is 54.4 Å². The van der Waals surface area contributed by atoms with Crippen molar-refractivity contribution in [2.45, 2.75) is 12.8 Å². The van der Waals surface area contributed by atoms with E-state index in [0.717, 1.165) is 23.8 Å². The number of nitrogens with two attached hydrogens (primary N) is 1. The third-order valence-electron chi connectivity index (χ3n) is 4.82. The van der Waals surface area contributed by atoms with Gasteiger partial charge in [0.25, 0.3) is 11.8 Å².